The molecule has 0 saturated carbocycles. The van der Waals surface area contributed by atoms with Gasteiger partial charge in [-0.2, -0.15) is 5.10 Å². The minimum Gasteiger partial charge on any atom is -0.481 e. The average Bonchev–Trinajstić information content (AvgIpc) is 3.13. The molecule has 1 unspecified atom stereocenters. The number of ether oxygens (including phenoxy) is 1. The van der Waals surface area contributed by atoms with Gasteiger partial charge in [0, 0.05) is 30.4 Å². The highest BCUT2D eigenvalue weighted by Gasteiger charge is 2.20. The van der Waals surface area contributed by atoms with Crippen molar-refractivity contribution in [3.63, 3.8) is 0 Å². The van der Waals surface area contributed by atoms with Gasteiger partial charge in [-0.3, -0.25) is 4.79 Å². The number of halogens is 1. The van der Waals surface area contributed by atoms with E-state index in [2.05, 4.69) is 5.10 Å². The zero-order chi connectivity index (χ0) is 19.4. The Morgan fingerprint density at radius 2 is 2.00 bits per heavy atom. The maximum Gasteiger partial charge on any atom is 0.263 e. The second-order valence-electron chi connectivity index (χ2n) is 6.49. The molecule has 1 atom stereocenters. The van der Waals surface area contributed by atoms with Crippen LogP contribution in [0.3, 0.4) is 0 Å². The lowest BCUT2D eigenvalue weighted by Gasteiger charge is -2.22. The molecule has 0 spiro atoms. The van der Waals surface area contributed by atoms with Crippen LogP contribution in [0.1, 0.15) is 18.1 Å². The number of hydrogen-bond acceptors (Lipinski definition) is 3. The molecule has 2 aromatic carbocycles. The molecule has 1 amide bonds. The summed E-state index contributed by atoms with van der Waals surface area (Å²) in [6, 6.07) is 15.2. The van der Waals surface area contributed by atoms with Crippen LogP contribution in [0, 0.1) is 6.92 Å². The van der Waals surface area contributed by atoms with Crippen molar-refractivity contribution >= 4 is 17.5 Å². The maximum atomic E-state index is 12.6. The first kappa shape index (κ1) is 19.0. The molecule has 6 heteroatoms. The van der Waals surface area contributed by atoms with Crippen molar-refractivity contribution in [2.75, 3.05) is 7.05 Å². The molecule has 0 aliphatic heterocycles. The molecule has 27 heavy (non-hydrogen) atoms. The van der Waals surface area contributed by atoms with Crippen molar-refractivity contribution < 1.29 is 9.53 Å². The molecule has 0 radical (unpaired) electrons. The van der Waals surface area contributed by atoms with E-state index in [1.54, 1.807) is 41.9 Å². The quantitative estimate of drug-likeness (QED) is 0.639. The SMILES string of the molecule is Cc1cc(OC(C)C(=O)N(C)Cc2cnn(-c3ccccc3)c2)ccc1Cl. The van der Waals surface area contributed by atoms with E-state index < -0.39 is 6.10 Å². The van der Waals surface area contributed by atoms with Gasteiger partial charge in [0.05, 0.1) is 11.9 Å². The van der Waals surface area contributed by atoms with Gasteiger partial charge in [0.15, 0.2) is 6.10 Å². The molecule has 0 saturated heterocycles. The minimum atomic E-state index is -0.597. The van der Waals surface area contributed by atoms with Crippen LogP contribution in [0.5, 0.6) is 5.75 Å². The van der Waals surface area contributed by atoms with Gasteiger partial charge >= 0.3 is 0 Å². The predicted octanol–water partition coefficient (Wildman–Crippen LogP) is 4.26. The van der Waals surface area contributed by atoms with Crippen LogP contribution in [0.2, 0.25) is 5.02 Å². The number of amides is 1. The Hall–Kier alpha value is -2.79. The zero-order valence-corrected chi connectivity index (χ0v) is 16.3. The van der Waals surface area contributed by atoms with Crippen molar-refractivity contribution in [2.24, 2.45) is 0 Å². The van der Waals surface area contributed by atoms with E-state index in [1.165, 1.54) is 0 Å². The molecule has 3 aromatic rings. The van der Waals surface area contributed by atoms with Crippen LogP contribution in [0.25, 0.3) is 5.69 Å². The molecular formula is C21H22ClN3O2. The second kappa shape index (κ2) is 8.27. The van der Waals surface area contributed by atoms with Crippen LogP contribution in [-0.4, -0.2) is 33.7 Å². The highest BCUT2D eigenvalue weighted by molar-refractivity contribution is 6.31. The molecule has 0 bridgehead atoms. The molecular weight excluding hydrogens is 362 g/mol. The summed E-state index contributed by atoms with van der Waals surface area (Å²) in [5.74, 6) is 0.526. The molecule has 0 N–H and O–H groups in total. The van der Waals surface area contributed by atoms with Crippen molar-refractivity contribution in [1.29, 1.82) is 0 Å². The van der Waals surface area contributed by atoms with Gasteiger partial charge in [-0.25, -0.2) is 4.68 Å². The fourth-order valence-corrected chi connectivity index (χ4v) is 2.89. The molecule has 0 aliphatic carbocycles. The number of nitrogens with zero attached hydrogens (tertiary/aromatic N) is 3. The van der Waals surface area contributed by atoms with Gasteiger partial charge in [0.25, 0.3) is 5.91 Å². The van der Waals surface area contributed by atoms with Gasteiger partial charge in [-0.1, -0.05) is 29.8 Å². The third-order valence-corrected chi connectivity index (χ3v) is 4.67. The van der Waals surface area contributed by atoms with E-state index in [4.69, 9.17) is 16.3 Å². The van der Waals surface area contributed by atoms with Gasteiger partial charge in [-0.05, 0) is 49.7 Å². The Bertz CT molecular complexity index is 924. The summed E-state index contributed by atoms with van der Waals surface area (Å²) in [5.41, 5.74) is 2.84. The molecule has 0 fully saturated rings. The molecule has 1 aromatic heterocycles. The molecule has 5 nitrogen and oxygen atoms in total. The zero-order valence-electron chi connectivity index (χ0n) is 15.6. The Morgan fingerprint density at radius 3 is 2.70 bits per heavy atom. The first-order valence-corrected chi connectivity index (χ1v) is 9.08. The van der Waals surface area contributed by atoms with Crippen molar-refractivity contribution in [2.45, 2.75) is 26.5 Å². The van der Waals surface area contributed by atoms with Crippen LogP contribution in [0.4, 0.5) is 0 Å². The van der Waals surface area contributed by atoms with Crippen LogP contribution < -0.4 is 4.74 Å². The summed E-state index contributed by atoms with van der Waals surface area (Å²) in [5, 5.41) is 5.04. The molecule has 3 rings (SSSR count). The molecule has 1 heterocycles. The smallest absolute Gasteiger partial charge is 0.263 e. The number of carbonyl (C=O) groups excluding carboxylic acids is 1. The number of carbonyl (C=O) groups is 1. The van der Waals surface area contributed by atoms with Crippen molar-refractivity contribution in [1.82, 2.24) is 14.7 Å². The van der Waals surface area contributed by atoms with Gasteiger partial charge in [0.1, 0.15) is 5.75 Å². The summed E-state index contributed by atoms with van der Waals surface area (Å²) in [6.07, 6.45) is 3.10. The Balaban J connectivity index is 1.61. The largest absolute Gasteiger partial charge is 0.481 e. The van der Waals surface area contributed by atoms with Crippen LogP contribution in [-0.2, 0) is 11.3 Å². The lowest BCUT2D eigenvalue weighted by atomic mass is 10.2. The van der Waals surface area contributed by atoms with Crippen LogP contribution >= 0.6 is 11.6 Å². The number of benzene rings is 2. The summed E-state index contributed by atoms with van der Waals surface area (Å²) in [6.45, 7) is 4.10. The number of para-hydroxylation sites is 1. The first-order chi connectivity index (χ1) is 12.9. The minimum absolute atomic E-state index is 0.102. The van der Waals surface area contributed by atoms with E-state index in [-0.39, 0.29) is 5.91 Å². The monoisotopic (exact) mass is 383 g/mol. The summed E-state index contributed by atoms with van der Waals surface area (Å²) in [4.78, 5) is 14.3. The molecule has 140 valence electrons. The third-order valence-electron chi connectivity index (χ3n) is 4.24. The van der Waals surface area contributed by atoms with E-state index >= 15 is 0 Å². The number of hydrogen-bond donors (Lipinski definition) is 0. The van der Waals surface area contributed by atoms with E-state index in [9.17, 15) is 4.79 Å². The highest BCUT2D eigenvalue weighted by atomic mass is 35.5. The number of likely N-dealkylation sites (N-methyl/N-ethyl adjacent to an activating group) is 1. The standard InChI is InChI=1S/C21H22ClN3O2/c1-15-11-19(9-10-20(15)22)27-16(2)21(26)24(3)13-17-12-23-25(14-17)18-7-5-4-6-8-18/h4-12,14,16H,13H2,1-3H3. The summed E-state index contributed by atoms with van der Waals surface area (Å²) < 4.78 is 7.57. The fraction of sp³-hybridized carbons (Fsp3) is 0.238. The number of rotatable bonds is 6. The van der Waals surface area contributed by atoms with Gasteiger partial charge < -0.3 is 9.64 Å². The second-order valence-corrected chi connectivity index (χ2v) is 6.90. The van der Waals surface area contributed by atoms with E-state index in [0.717, 1.165) is 16.8 Å². The Kier molecular flexibility index (Phi) is 5.81. The van der Waals surface area contributed by atoms with E-state index in [0.29, 0.717) is 17.3 Å². The Labute approximate surface area is 164 Å². The normalized spacial score (nSPS) is 11.9. The fourth-order valence-electron chi connectivity index (χ4n) is 2.77. The molecule has 0 aliphatic rings. The predicted molar refractivity (Wildman–Crippen MR) is 106 cm³/mol. The van der Waals surface area contributed by atoms with Gasteiger partial charge in [0.2, 0.25) is 0 Å². The lowest BCUT2D eigenvalue weighted by molar-refractivity contribution is -0.137. The summed E-state index contributed by atoms with van der Waals surface area (Å²) in [7, 11) is 1.76. The first-order valence-electron chi connectivity index (χ1n) is 8.71. The number of aryl methyl sites for hydroxylation is 1. The average molecular weight is 384 g/mol. The van der Waals surface area contributed by atoms with Gasteiger partial charge in [-0.15, -0.1) is 0 Å². The third kappa shape index (κ3) is 4.68. The Morgan fingerprint density at radius 1 is 1.26 bits per heavy atom. The van der Waals surface area contributed by atoms with Crippen LogP contribution in [0.15, 0.2) is 60.9 Å². The topological polar surface area (TPSA) is 47.4 Å². The summed E-state index contributed by atoms with van der Waals surface area (Å²) >= 11 is 6.03. The van der Waals surface area contributed by atoms with E-state index in [1.807, 2.05) is 49.5 Å². The lowest BCUT2D eigenvalue weighted by Crippen LogP contribution is -2.37. The van der Waals surface area contributed by atoms with Crippen molar-refractivity contribution in [3.05, 3.63) is 77.1 Å². The van der Waals surface area contributed by atoms with Crippen molar-refractivity contribution in [3.8, 4) is 11.4 Å². The number of aromatic nitrogens is 2. The highest BCUT2D eigenvalue weighted by Crippen LogP contribution is 2.22. The maximum absolute atomic E-state index is 12.6.